The molecule has 1 aliphatic rings. The zero-order valence-corrected chi connectivity index (χ0v) is 4.55. The van der Waals surface area contributed by atoms with Crippen LogP contribution in [0.25, 0.3) is 0 Å². The van der Waals surface area contributed by atoms with Gasteiger partial charge < -0.3 is 15.7 Å². The van der Waals surface area contributed by atoms with E-state index in [0.717, 1.165) is 0 Å². The summed E-state index contributed by atoms with van der Waals surface area (Å²) < 4.78 is 0. The van der Waals surface area contributed by atoms with Gasteiger partial charge in [0.05, 0.1) is 0 Å². The van der Waals surface area contributed by atoms with E-state index < -0.39 is 12.1 Å². The van der Waals surface area contributed by atoms with Crippen LogP contribution in [0.15, 0.2) is 0 Å². The van der Waals surface area contributed by atoms with E-state index in [1.807, 2.05) is 5.32 Å². The van der Waals surface area contributed by atoms with Gasteiger partial charge in [0.1, 0.15) is 6.04 Å². The minimum absolute atomic E-state index is 0.252. The summed E-state index contributed by atoms with van der Waals surface area (Å²) in [4.78, 5) is 20.2. The van der Waals surface area contributed by atoms with Crippen molar-refractivity contribution in [3.63, 3.8) is 0 Å². The van der Waals surface area contributed by atoms with Crippen LogP contribution in [0.2, 0.25) is 0 Å². The van der Waals surface area contributed by atoms with Gasteiger partial charge in [-0.05, 0) is 0 Å². The summed E-state index contributed by atoms with van der Waals surface area (Å²) in [6.07, 6.45) is -1.16. The monoisotopic (exact) mass is 130 g/mol. The Morgan fingerprint density at radius 2 is 2.56 bits per heavy atom. The molecule has 1 saturated heterocycles. The molecule has 2 amide bonds. The van der Waals surface area contributed by atoms with Crippen LogP contribution in [0.5, 0.6) is 0 Å². The second-order valence-electron chi connectivity index (χ2n) is 1.75. The van der Waals surface area contributed by atoms with Crippen LogP contribution in [0.4, 0.5) is 4.79 Å². The highest BCUT2D eigenvalue weighted by Crippen LogP contribution is 1.91. The number of hydrogen-bond donors (Lipinski definition) is 3. The number of nitrogens with one attached hydrogen (secondary N) is 2. The molecule has 0 saturated carbocycles. The summed E-state index contributed by atoms with van der Waals surface area (Å²) >= 11 is 0. The van der Waals surface area contributed by atoms with Crippen LogP contribution in [0.3, 0.4) is 0 Å². The first-order chi connectivity index (χ1) is 4.20. The molecule has 0 aliphatic carbocycles. The second kappa shape index (κ2) is 1.93. The molecule has 1 unspecified atom stereocenters. The number of carboxylic acid groups (broad SMARTS) is 1. The van der Waals surface area contributed by atoms with E-state index in [9.17, 15) is 9.59 Å². The van der Waals surface area contributed by atoms with Crippen molar-refractivity contribution in [3.8, 4) is 0 Å². The minimum Gasteiger partial charge on any atom is -0.465 e. The predicted molar refractivity (Wildman–Crippen MR) is 28.0 cm³/mol. The number of carbonyl (C=O) groups excluding carboxylic acids is 1. The van der Waals surface area contributed by atoms with Crippen molar-refractivity contribution in [2.24, 2.45) is 0 Å². The zero-order chi connectivity index (χ0) is 6.85. The molecule has 0 aromatic heterocycles. The fraction of sp³-hybridized carbons (Fsp3) is 0.500. The van der Waals surface area contributed by atoms with Gasteiger partial charge in [-0.25, -0.2) is 4.79 Å². The summed E-state index contributed by atoms with van der Waals surface area (Å²) in [6, 6.07) is -0.525. The van der Waals surface area contributed by atoms with Crippen LogP contribution in [-0.2, 0) is 4.79 Å². The number of rotatable bonds is 1. The van der Waals surface area contributed by atoms with Gasteiger partial charge in [0.15, 0.2) is 0 Å². The normalized spacial score (nSPS) is 24.0. The second-order valence-corrected chi connectivity index (χ2v) is 1.75. The third-order valence-electron chi connectivity index (χ3n) is 1.09. The highest BCUT2D eigenvalue weighted by molar-refractivity contribution is 5.90. The molecule has 1 heterocycles. The van der Waals surface area contributed by atoms with E-state index >= 15 is 0 Å². The summed E-state index contributed by atoms with van der Waals surface area (Å²) in [5.74, 6) is -0.252. The van der Waals surface area contributed by atoms with E-state index in [4.69, 9.17) is 5.11 Å². The lowest BCUT2D eigenvalue weighted by molar-refractivity contribution is -0.128. The lowest BCUT2D eigenvalue weighted by atomic mass is 10.2. The number of β-lactam (4-membered cyclic amide) rings is 1. The molecular weight excluding hydrogens is 124 g/mol. The molecule has 9 heavy (non-hydrogen) atoms. The fourth-order valence-corrected chi connectivity index (χ4v) is 0.553. The molecule has 5 nitrogen and oxygen atoms in total. The first-order valence-electron chi connectivity index (χ1n) is 2.47. The fourth-order valence-electron chi connectivity index (χ4n) is 0.553. The summed E-state index contributed by atoms with van der Waals surface area (Å²) in [5, 5.41) is 12.5. The topological polar surface area (TPSA) is 78.4 Å². The molecule has 0 spiro atoms. The molecule has 0 bridgehead atoms. The van der Waals surface area contributed by atoms with Crippen molar-refractivity contribution >= 4 is 12.0 Å². The molecule has 1 aliphatic heterocycles. The molecule has 50 valence electrons. The molecular formula is C4H6N2O3. The average Bonchev–Trinajstić information content (AvgIpc) is 1.79. The van der Waals surface area contributed by atoms with Crippen LogP contribution < -0.4 is 10.6 Å². The summed E-state index contributed by atoms with van der Waals surface area (Å²) in [5.41, 5.74) is 0. The number of hydrogen-bond acceptors (Lipinski definition) is 2. The Hall–Kier alpha value is -1.26. The van der Waals surface area contributed by atoms with Gasteiger partial charge in [-0.1, -0.05) is 0 Å². The Morgan fingerprint density at radius 1 is 1.89 bits per heavy atom. The maximum atomic E-state index is 10.3. The molecule has 0 aromatic carbocycles. The van der Waals surface area contributed by atoms with Crippen molar-refractivity contribution in [1.29, 1.82) is 0 Å². The SMILES string of the molecule is O=C(O)NC1CNC1=O. The highest BCUT2D eigenvalue weighted by Gasteiger charge is 2.28. The first-order valence-corrected chi connectivity index (χ1v) is 2.47. The molecule has 5 heteroatoms. The van der Waals surface area contributed by atoms with Gasteiger partial charge in [0.25, 0.3) is 0 Å². The van der Waals surface area contributed by atoms with Crippen LogP contribution in [0, 0.1) is 0 Å². The van der Waals surface area contributed by atoms with Crippen LogP contribution >= 0.6 is 0 Å². The van der Waals surface area contributed by atoms with Crippen molar-refractivity contribution in [2.45, 2.75) is 6.04 Å². The molecule has 1 rings (SSSR count). The van der Waals surface area contributed by atoms with E-state index in [2.05, 4.69) is 5.32 Å². The Balaban J connectivity index is 2.29. The lowest BCUT2D eigenvalue weighted by Gasteiger charge is -2.24. The van der Waals surface area contributed by atoms with Crippen LogP contribution in [0.1, 0.15) is 0 Å². The third kappa shape index (κ3) is 1.10. The van der Waals surface area contributed by atoms with Gasteiger partial charge in [0.2, 0.25) is 5.91 Å². The largest absolute Gasteiger partial charge is 0.465 e. The minimum atomic E-state index is -1.16. The quantitative estimate of drug-likeness (QED) is 0.388. The molecule has 1 fully saturated rings. The van der Waals surface area contributed by atoms with Gasteiger partial charge >= 0.3 is 6.09 Å². The Bertz CT molecular complexity index is 156. The van der Waals surface area contributed by atoms with Crippen molar-refractivity contribution in [1.82, 2.24) is 10.6 Å². The Labute approximate surface area is 51.0 Å². The summed E-state index contributed by atoms with van der Waals surface area (Å²) in [6.45, 7) is 0.408. The van der Waals surface area contributed by atoms with E-state index in [1.54, 1.807) is 0 Å². The molecule has 1 atom stereocenters. The summed E-state index contributed by atoms with van der Waals surface area (Å²) in [7, 11) is 0. The average molecular weight is 130 g/mol. The predicted octanol–water partition coefficient (Wildman–Crippen LogP) is -1.25. The first kappa shape index (κ1) is 5.87. The third-order valence-corrected chi connectivity index (χ3v) is 1.09. The lowest BCUT2D eigenvalue weighted by Crippen LogP contribution is -2.61. The standard InChI is InChI=1S/C4H6N2O3/c7-3-2(1-5-3)6-4(8)9/h2,6H,1H2,(H,5,7)(H,8,9). The van der Waals surface area contributed by atoms with Crippen molar-refractivity contribution in [3.05, 3.63) is 0 Å². The number of carbonyl (C=O) groups is 2. The van der Waals surface area contributed by atoms with Gasteiger partial charge in [-0.15, -0.1) is 0 Å². The number of amides is 2. The highest BCUT2D eigenvalue weighted by atomic mass is 16.4. The van der Waals surface area contributed by atoms with E-state index in [-0.39, 0.29) is 5.91 Å². The van der Waals surface area contributed by atoms with Crippen molar-refractivity contribution < 1.29 is 14.7 Å². The van der Waals surface area contributed by atoms with E-state index in [1.165, 1.54) is 0 Å². The Morgan fingerprint density at radius 3 is 2.67 bits per heavy atom. The van der Waals surface area contributed by atoms with Crippen molar-refractivity contribution in [2.75, 3.05) is 6.54 Å². The molecule has 0 radical (unpaired) electrons. The Kier molecular flexibility index (Phi) is 1.26. The van der Waals surface area contributed by atoms with Gasteiger partial charge in [-0.2, -0.15) is 0 Å². The molecule has 0 aromatic rings. The smallest absolute Gasteiger partial charge is 0.405 e. The van der Waals surface area contributed by atoms with E-state index in [0.29, 0.717) is 6.54 Å². The van der Waals surface area contributed by atoms with Gasteiger partial charge in [-0.3, -0.25) is 4.79 Å². The zero-order valence-electron chi connectivity index (χ0n) is 4.55. The van der Waals surface area contributed by atoms with Gasteiger partial charge in [0, 0.05) is 6.54 Å². The van der Waals surface area contributed by atoms with Crippen LogP contribution in [-0.4, -0.2) is 29.7 Å². The maximum Gasteiger partial charge on any atom is 0.405 e. The molecule has 3 N–H and O–H groups in total. The maximum absolute atomic E-state index is 10.3.